The van der Waals surface area contributed by atoms with E-state index in [2.05, 4.69) is 22.2 Å². The van der Waals surface area contributed by atoms with Crippen LogP contribution in [0.3, 0.4) is 0 Å². The van der Waals surface area contributed by atoms with Gasteiger partial charge in [0.25, 0.3) is 0 Å². The van der Waals surface area contributed by atoms with Gasteiger partial charge in [0.05, 0.1) is 28.6 Å². The molecule has 3 aromatic rings. The Morgan fingerprint density at radius 2 is 2.00 bits per heavy atom. The molecule has 0 bridgehead atoms. The molecule has 3 atom stereocenters. The summed E-state index contributed by atoms with van der Waals surface area (Å²) in [5.41, 5.74) is 7.30. The third kappa shape index (κ3) is 5.37. The maximum Gasteiger partial charge on any atom is 0.233 e. The fourth-order valence-corrected chi connectivity index (χ4v) is 4.62. The fraction of sp³-hybridized carbons (Fsp3) is 0.417. The highest BCUT2D eigenvalue weighted by Crippen LogP contribution is 2.40. The minimum absolute atomic E-state index is 0.104. The summed E-state index contributed by atoms with van der Waals surface area (Å²) >= 11 is 6.64. The first-order chi connectivity index (χ1) is 16.0. The summed E-state index contributed by atoms with van der Waals surface area (Å²) in [6, 6.07) is 11.6. The first-order valence-corrected chi connectivity index (χ1v) is 13.4. The largest absolute Gasteiger partial charge is 0.439 e. The SMILES string of the molecule is C[C@H]1C[C@@H]1CNc1cc(-c2ncc([C@](C)(N)Cc3ccccc3)o2)c(Cl)c(N(C)S(C)(=O)=O)n1. The van der Waals surface area contributed by atoms with Gasteiger partial charge in [0, 0.05) is 13.6 Å². The number of sulfonamides is 1. The number of nitrogens with zero attached hydrogens (tertiary/aromatic N) is 3. The van der Waals surface area contributed by atoms with Crippen LogP contribution in [0.2, 0.25) is 5.02 Å². The number of oxazole rings is 1. The van der Waals surface area contributed by atoms with Gasteiger partial charge >= 0.3 is 0 Å². The highest BCUT2D eigenvalue weighted by molar-refractivity contribution is 7.92. The van der Waals surface area contributed by atoms with Crippen LogP contribution in [0.5, 0.6) is 0 Å². The van der Waals surface area contributed by atoms with E-state index < -0.39 is 15.6 Å². The zero-order valence-electron chi connectivity index (χ0n) is 19.7. The Balaban J connectivity index is 1.69. The zero-order chi connectivity index (χ0) is 24.7. The van der Waals surface area contributed by atoms with Gasteiger partial charge in [0.15, 0.2) is 5.82 Å². The topological polar surface area (TPSA) is 114 Å². The molecular weight excluding hydrogens is 474 g/mol. The molecule has 182 valence electrons. The fourth-order valence-electron chi connectivity index (χ4n) is 3.82. The number of rotatable bonds is 9. The summed E-state index contributed by atoms with van der Waals surface area (Å²) in [5, 5.41) is 3.44. The number of hydrogen-bond acceptors (Lipinski definition) is 7. The van der Waals surface area contributed by atoms with Crippen LogP contribution in [0.25, 0.3) is 11.5 Å². The Hall–Kier alpha value is -2.62. The Morgan fingerprint density at radius 1 is 1.32 bits per heavy atom. The summed E-state index contributed by atoms with van der Waals surface area (Å²) in [7, 11) is -2.17. The van der Waals surface area contributed by atoms with Crippen LogP contribution < -0.4 is 15.4 Å². The second kappa shape index (κ2) is 9.20. The van der Waals surface area contributed by atoms with Crippen molar-refractivity contribution in [2.24, 2.45) is 17.6 Å². The lowest BCUT2D eigenvalue weighted by Gasteiger charge is -2.22. The van der Waals surface area contributed by atoms with Crippen LogP contribution in [0.1, 0.15) is 31.6 Å². The molecule has 0 radical (unpaired) electrons. The van der Waals surface area contributed by atoms with Gasteiger partial charge in [0.2, 0.25) is 15.9 Å². The summed E-state index contributed by atoms with van der Waals surface area (Å²) in [6.07, 6.45) is 4.40. The smallest absolute Gasteiger partial charge is 0.233 e. The molecule has 0 amide bonds. The summed E-state index contributed by atoms with van der Waals surface area (Å²) in [6.45, 7) is 4.82. The van der Waals surface area contributed by atoms with Gasteiger partial charge in [-0.15, -0.1) is 0 Å². The minimum Gasteiger partial charge on any atom is -0.439 e. The number of benzene rings is 1. The Labute approximate surface area is 205 Å². The highest BCUT2D eigenvalue weighted by Gasteiger charge is 2.33. The van der Waals surface area contributed by atoms with Crippen molar-refractivity contribution in [3.05, 3.63) is 58.9 Å². The zero-order valence-corrected chi connectivity index (χ0v) is 21.3. The Bertz CT molecular complexity index is 1280. The molecule has 4 rings (SSSR count). The monoisotopic (exact) mass is 503 g/mol. The quantitative estimate of drug-likeness (QED) is 0.448. The van der Waals surface area contributed by atoms with Crippen molar-refractivity contribution in [2.75, 3.05) is 29.5 Å². The molecule has 8 nitrogen and oxygen atoms in total. The van der Waals surface area contributed by atoms with Crippen LogP contribution in [-0.2, 0) is 22.0 Å². The first kappa shape index (κ1) is 24.5. The predicted molar refractivity (Wildman–Crippen MR) is 135 cm³/mol. The number of halogens is 1. The molecule has 1 fully saturated rings. The standard InChI is InChI=1S/C24H30ClN5O3S/c1-15-10-17(15)13-27-20-11-18(21(25)22(29-20)30(3)34(4,31)32)23-28-14-19(33-23)24(2,26)12-16-8-6-5-7-9-16/h5-9,11,14-15,17H,10,12-13,26H2,1-4H3,(H,27,29)/t15-,17+,24+/m0/s1. The third-order valence-electron chi connectivity index (χ3n) is 6.27. The molecule has 0 unspecified atom stereocenters. The normalized spacial score (nSPS) is 19.5. The molecule has 1 aromatic carbocycles. The highest BCUT2D eigenvalue weighted by atomic mass is 35.5. The molecule has 1 aliphatic rings. The summed E-state index contributed by atoms with van der Waals surface area (Å²) in [4.78, 5) is 8.89. The molecule has 0 spiro atoms. The van der Waals surface area contributed by atoms with Gasteiger partial charge in [-0.2, -0.15) is 0 Å². The van der Waals surface area contributed by atoms with Crippen LogP contribution in [0.4, 0.5) is 11.6 Å². The molecule has 1 saturated carbocycles. The van der Waals surface area contributed by atoms with Crippen LogP contribution in [-0.4, -0.2) is 38.2 Å². The first-order valence-electron chi connectivity index (χ1n) is 11.1. The van der Waals surface area contributed by atoms with Crippen LogP contribution in [0, 0.1) is 11.8 Å². The molecule has 1 aliphatic carbocycles. The summed E-state index contributed by atoms with van der Waals surface area (Å²) in [5.74, 6) is 2.59. The van der Waals surface area contributed by atoms with Gasteiger partial charge in [-0.25, -0.2) is 18.4 Å². The van der Waals surface area contributed by atoms with Crippen molar-refractivity contribution in [3.63, 3.8) is 0 Å². The van der Waals surface area contributed by atoms with Crippen molar-refractivity contribution in [1.82, 2.24) is 9.97 Å². The number of nitrogens with one attached hydrogen (secondary N) is 1. The molecule has 34 heavy (non-hydrogen) atoms. The molecule has 2 aromatic heterocycles. The molecular formula is C24H30ClN5O3S. The van der Waals surface area contributed by atoms with E-state index in [-0.39, 0.29) is 16.7 Å². The number of aromatic nitrogens is 2. The van der Waals surface area contributed by atoms with E-state index in [9.17, 15) is 8.42 Å². The lowest BCUT2D eigenvalue weighted by molar-refractivity contribution is 0.371. The van der Waals surface area contributed by atoms with Crippen molar-refractivity contribution >= 4 is 33.3 Å². The van der Waals surface area contributed by atoms with Gasteiger partial charge in [0.1, 0.15) is 11.6 Å². The van der Waals surface area contributed by atoms with E-state index in [1.807, 2.05) is 37.3 Å². The van der Waals surface area contributed by atoms with Gasteiger partial charge in [-0.05, 0) is 43.2 Å². The second-order valence-corrected chi connectivity index (χ2v) is 11.8. The number of anilines is 2. The lowest BCUT2D eigenvalue weighted by atomic mass is 9.92. The molecule has 3 N–H and O–H groups in total. The Morgan fingerprint density at radius 3 is 2.62 bits per heavy atom. The van der Waals surface area contributed by atoms with Crippen molar-refractivity contribution in [3.8, 4) is 11.5 Å². The van der Waals surface area contributed by atoms with E-state index in [1.54, 1.807) is 12.3 Å². The molecule has 2 heterocycles. The minimum atomic E-state index is -3.59. The number of nitrogens with two attached hydrogens (primary N) is 1. The van der Waals surface area contributed by atoms with Gasteiger partial charge in [-0.1, -0.05) is 48.9 Å². The molecule has 0 aliphatic heterocycles. The van der Waals surface area contributed by atoms with E-state index >= 15 is 0 Å². The Kier molecular flexibility index (Phi) is 6.63. The van der Waals surface area contributed by atoms with E-state index in [1.165, 1.54) is 7.05 Å². The van der Waals surface area contributed by atoms with Crippen molar-refractivity contribution in [1.29, 1.82) is 0 Å². The predicted octanol–water partition coefficient (Wildman–Crippen LogP) is 4.27. The maximum atomic E-state index is 12.2. The van der Waals surface area contributed by atoms with E-state index in [4.69, 9.17) is 21.8 Å². The lowest BCUT2D eigenvalue weighted by Crippen LogP contribution is -2.35. The third-order valence-corrected chi connectivity index (χ3v) is 7.81. The number of pyridine rings is 1. The van der Waals surface area contributed by atoms with Crippen LogP contribution >= 0.6 is 11.6 Å². The average molecular weight is 504 g/mol. The van der Waals surface area contributed by atoms with Crippen molar-refractivity contribution < 1.29 is 12.8 Å². The molecule has 10 heteroatoms. The van der Waals surface area contributed by atoms with E-state index in [0.29, 0.717) is 35.4 Å². The average Bonchev–Trinajstić information content (AvgIpc) is 3.25. The maximum absolute atomic E-state index is 12.2. The van der Waals surface area contributed by atoms with Gasteiger partial charge in [-0.3, -0.25) is 4.31 Å². The second-order valence-electron chi connectivity index (χ2n) is 9.39. The molecule has 0 saturated heterocycles. The number of hydrogen-bond donors (Lipinski definition) is 2. The van der Waals surface area contributed by atoms with Gasteiger partial charge < -0.3 is 15.5 Å². The van der Waals surface area contributed by atoms with E-state index in [0.717, 1.165) is 29.1 Å². The van der Waals surface area contributed by atoms with Crippen LogP contribution in [0.15, 0.2) is 47.0 Å². The summed E-state index contributed by atoms with van der Waals surface area (Å²) < 4.78 is 31.6. The van der Waals surface area contributed by atoms with Crippen molar-refractivity contribution in [2.45, 2.75) is 32.2 Å².